The molecule has 1 aliphatic rings. The topological polar surface area (TPSA) is 47.7 Å². The van der Waals surface area contributed by atoms with Crippen LogP contribution in [0.5, 0.6) is 0 Å². The van der Waals surface area contributed by atoms with Crippen LogP contribution in [0.4, 0.5) is 4.39 Å². The second kappa shape index (κ2) is 6.52. The van der Waals surface area contributed by atoms with Gasteiger partial charge in [-0.05, 0) is 31.2 Å². The number of aryl methyl sites for hydroxylation is 1. The predicted octanol–water partition coefficient (Wildman–Crippen LogP) is 2.79. The summed E-state index contributed by atoms with van der Waals surface area (Å²) in [5.41, 5.74) is 2.39. The van der Waals surface area contributed by atoms with Gasteiger partial charge >= 0.3 is 0 Å². The predicted molar refractivity (Wildman–Crippen MR) is 88.3 cm³/mol. The lowest BCUT2D eigenvalue weighted by Crippen LogP contribution is -2.11. The Balaban J connectivity index is 0.00000156. The van der Waals surface area contributed by atoms with Gasteiger partial charge in [-0.1, -0.05) is 12.1 Å². The molecule has 0 saturated heterocycles. The first-order valence-electron chi connectivity index (χ1n) is 7.39. The molecule has 3 heterocycles. The lowest BCUT2D eigenvalue weighted by atomic mass is 10.3. The molecule has 7 heteroatoms. The molecule has 0 spiro atoms. The number of benzene rings is 1. The lowest BCUT2D eigenvalue weighted by Gasteiger charge is -2.07. The van der Waals surface area contributed by atoms with Crippen LogP contribution >= 0.6 is 12.4 Å². The fraction of sp³-hybridized carbons (Fsp3) is 0.250. The molecule has 0 unspecified atom stereocenters. The first-order chi connectivity index (χ1) is 10.8. The summed E-state index contributed by atoms with van der Waals surface area (Å²) in [6, 6.07) is 8.71. The molecule has 1 aliphatic heterocycles. The molecule has 5 nitrogen and oxygen atoms in total. The van der Waals surface area contributed by atoms with Crippen molar-refractivity contribution in [3.05, 3.63) is 54.2 Å². The second-order valence-corrected chi connectivity index (χ2v) is 5.35. The van der Waals surface area contributed by atoms with Crippen LogP contribution in [-0.2, 0) is 13.1 Å². The van der Waals surface area contributed by atoms with Crippen LogP contribution in [0.1, 0.15) is 12.1 Å². The van der Waals surface area contributed by atoms with Crippen LogP contribution in [0.3, 0.4) is 0 Å². The lowest BCUT2D eigenvalue weighted by molar-refractivity contribution is 0.588. The van der Waals surface area contributed by atoms with Crippen LogP contribution in [0.2, 0.25) is 0 Å². The van der Waals surface area contributed by atoms with E-state index >= 15 is 0 Å². The fourth-order valence-electron chi connectivity index (χ4n) is 2.81. The summed E-state index contributed by atoms with van der Waals surface area (Å²) in [5.74, 6) is 0.384. The summed E-state index contributed by atoms with van der Waals surface area (Å²) in [6.07, 6.45) is 4.48. The molecule has 0 fully saturated rings. The molecule has 0 atom stereocenters. The number of hydrogen-bond donors (Lipinski definition) is 1. The average molecular weight is 334 g/mol. The van der Waals surface area contributed by atoms with Gasteiger partial charge in [0.15, 0.2) is 5.82 Å². The van der Waals surface area contributed by atoms with Crippen molar-refractivity contribution in [2.24, 2.45) is 0 Å². The number of halogens is 2. The Morgan fingerprint density at radius 3 is 2.96 bits per heavy atom. The number of aromatic nitrogens is 4. The fourth-order valence-corrected chi connectivity index (χ4v) is 2.81. The Kier molecular flexibility index (Phi) is 4.45. The Morgan fingerprint density at radius 1 is 1.22 bits per heavy atom. The summed E-state index contributed by atoms with van der Waals surface area (Å²) >= 11 is 0. The molecule has 0 bridgehead atoms. The maximum absolute atomic E-state index is 14.0. The van der Waals surface area contributed by atoms with Crippen molar-refractivity contribution in [3.63, 3.8) is 0 Å². The third-order valence-corrected chi connectivity index (χ3v) is 3.87. The number of rotatable bonds is 2. The van der Waals surface area contributed by atoms with E-state index in [1.807, 2.05) is 16.8 Å². The van der Waals surface area contributed by atoms with Gasteiger partial charge in [0.1, 0.15) is 11.5 Å². The minimum absolute atomic E-state index is 0. The van der Waals surface area contributed by atoms with Crippen molar-refractivity contribution in [2.75, 3.05) is 6.54 Å². The molecule has 1 N–H and O–H groups in total. The van der Waals surface area contributed by atoms with Gasteiger partial charge in [-0.15, -0.1) is 12.4 Å². The van der Waals surface area contributed by atoms with Gasteiger partial charge in [0, 0.05) is 25.5 Å². The number of para-hydroxylation sites is 1. The van der Waals surface area contributed by atoms with Gasteiger partial charge in [-0.2, -0.15) is 5.10 Å². The summed E-state index contributed by atoms with van der Waals surface area (Å²) < 4.78 is 17.8. The first-order valence-corrected chi connectivity index (χ1v) is 7.39. The highest BCUT2D eigenvalue weighted by Gasteiger charge is 2.17. The quantitative estimate of drug-likeness (QED) is 0.784. The monoisotopic (exact) mass is 333 g/mol. The Morgan fingerprint density at radius 2 is 2.09 bits per heavy atom. The van der Waals surface area contributed by atoms with Crippen LogP contribution in [0, 0.1) is 5.82 Å². The second-order valence-electron chi connectivity index (χ2n) is 5.35. The molecule has 3 aromatic rings. The van der Waals surface area contributed by atoms with E-state index in [-0.39, 0.29) is 18.2 Å². The van der Waals surface area contributed by atoms with E-state index in [0.717, 1.165) is 37.4 Å². The van der Waals surface area contributed by atoms with Gasteiger partial charge in [-0.25, -0.2) is 9.37 Å². The third kappa shape index (κ3) is 2.87. The normalized spacial score (nSPS) is 14.0. The van der Waals surface area contributed by atoms with Crippen LogP contribution in [-0.4, -0.2) is 25.9 Å². The van der Waals surface area contributed by atoms with E-state index in [4.69, 9.17) is 0 Å². The van der Waals surface area contributed by atoms with E-state index in [0.29, 0.717) is 11.5 Å². The van der Waals surface area contributed by atoms with Gasteiger partial charge in [0.05, 0.1) is 11.4 Å². The Bertz CT molecular complexity index is 787. The Labute approximate surface area is 139 Å². The number of imidazole rings is 1. The standard InChI is InChI=1S/C16H16FN5.ClH/c17-13-4-1-2-5-15(13)21-9-7-19-16(21)14-10-12-11-18-6-3-8-22(12)20-14;/h1-2,4-5,7,9-10,18H,3,6,8,11H2;1H. The van der Waals surface area contributed by atoms with Crippen LogP contribution in [0.25, 0.3) is 17.2 Å². The van der Waals surface area contributed by atoms with Crippen molar-refractivity contribution in [1.82, 2.24) is 24.6 Å². The van der Waals surface area contributed by atoms with Crippen LogP contribution < -0.4 is 5.32 Å². The number of nitrogens with zero attached hydrogens (tertiary/aromatic N) is 4. The molecule has 23 heavy (non-hydrogen) atoms. The molecule has 2 aromatic heterocycles. The third-order valence-electron chi connectivity index (χ3n) is 3.87. The highest BCUT2D eigenvalue weighted by molar-refractivity contribution is 5.85. The molecular formula is C16H17ClFN5. The van der Waals surface area contributed by atoms with Gasteiger partial charge in [0.25, 0.3) is 0 Å². The number of hydrogen-bond acceptors (Lipinski definition) is 3. The largest absolute Gasteiger partial charge is 0.311 e. The maximum atomic E-state index is 14.0. The van der Waals surface area contributed by atoms with Crippen LogP contribution in [0.15, 0.2) is 42.7 Å². The molecule has 1 aromatic carbocycles. The zero-order chi connectivity index (χ0) is 14.9. The van der Waals surface area contributed by atoms with Crippen molar-refractivity contribution in [2.45, 2.75) is 19.5 Å². The summed E-state index contributed by atoms with van der Waals surface area (Å²) in [4.78, 5) is 4.37. The van der Waals surface area contributed by atoms with Crippen molar-refractivity contribution < 1.29 is 4.39 Å². The van der Waals surface area contributed by atoms with Crippen molar-refractivity contribution in [1.29, 1.82) is 0 Å². The van der Waals surface area contributed by atoms with E-state index < -0.39 is 0 Å². The Hall–Kier alpha value is -2.18. The van der Waals surface area contributed by atoms with E-state index in [1.165, 1.54) is 6.07 Å². The van der Waals surface area contributed by atoms with E-state index in [1.54, 1.807) is 29.1 Å². The average Bonchev–Trinajstić information content (AvgIpc) is 3.10. The van der Waals surface area contributed by atoms with E-state index in [2.05, 4.69) is 15.4 Å². The SMILES string of the molecule is Cl.Fc1ccccc1-n1ccnc1-c1cc2n(n1)CCCNC2. The number of fused-ring (bicyclic) bond motifs is 1. The van der Waals surface area contributed by atoms with Gasteiger partial charge in [-0.3, -0.25) is 9.25 Å². The van der Waals surface area contributed by atoms with Gasteiger partial charge in [0.2, 0.25) is 0 Å². The van der Waals surface area contributed by atoms with Crippen molar-refractivity contribution >= 4 is 12.4 Å². The number of nitrogens with one attached hydrogen (secondary N) is 1. The molecule has 4 rings (SSSR count). The maximum Gasteiger partial charge on any atom is 0.165 e. The minimum Gasteiger partial charge on any atom is -0.311 e. The first kappa shape index (κ1) is 15.7. The highest BCUT2D eigenvalue weighted by Crippen LogP contribution is 2.23. The summed E-state index contributed by atoms with van der Waals surface area (Å²) in [7, 11) is 0. The minimum atomic E-state index is -0.274. The summed E-state index contributed by atoms with van der Waals surface area (Å²) in [6.45, 7) is 2.69. The molecule has 0 amide bonds. The molecule has 120 valence electrons. The zero-order valence-corrected chi connectivity index (χ0v) is 13.3. The van der Waals surface area contributed by atoms with Crippen molar-refractivity contribution in [3.8, 4) is 17.2 Å². The highest BCUT2D eigenvalue weighted by atomic mass is 35.5. The van der Waals surface area contributed by atoms with Gasteiger partial charge < -0.3 is 5.32 Å². The molecular weight excluding hydrogens is 317 g/mol. The molecule has 0 aliphatic carbocycles. The molecule has 0 saturated carbocycles. The zero-order valence-electron chi connectivity index (χ0n) is 12.4. The smallest absolute Gasteiger partial charge is 0.165 e. The van der Waals surface area contributed by atoms with E-state index in [9.17, 15) is 4.39 Å². The summed E-state index contributed by atoms with van der Waals surface area (Å²) in [5, 5.41) is 8.01. The molecule has 0 radical (unpaired) electrons.